The van der Waals surface area contributed by atoms with Crippen molar-refractivity contribution in [2.75, 3.05) is 59.3 Å². The molecular formula is C12H28NO8P-2. The van der Waals surface area contributed by atoms with E-state index in [0.717, 1.165) is 12.8 Å². The van der Waals surface area contributed by atoms with Crippen molar-refractivity contribution in [3.05, 3.63) is 0 Å². The number of phosphoric acid groups is 1. The van der Waals surface area contributed by atoms with Crippen molar-refractivity contribution in [2.45, 2.75) is 19.8 Å². The van der Waals surface area contributed by atoms with Crippen LogP contribution in [0, 0.1) is 0 Å². The lowest BCUT2D eigenvalue weighted by atomic mass is 10.4. The summed E-state index contributed by atoms with van der Waals surface area (Å²) in [6.07, 6.45) is 1.94. The molecule has 0 unspecified atom stereocenters. The summed E-state index contributed by atoms with van der Waals surface area (Å²) in [5.41, 5.74) is 0. The fourth-order valence-electron chi connectivity index (χ4n) is 1.32. The minimum atomic E-state index is -4.80. The predicted molar refractivity (Wildman–Crippen MR) is 77.0 cm³/mol. The Hall–Kier alpha value is -0.0900. The maximum atomic E-state index is 9.91. The molecule has 22 heavy (non-hydrogen) atoms. The fourth-order valence-corrected chi connectivity index (χ4v) is 1.61. The third-order valence-corrected chi connectivity index (χ3v) is 2.87. The van der Waals surface area contributed by atoms with Gasteiger partial charge in [-0.3, -0.25) is 4.90 Å². The Kier molecular flexibility index (Phi) is 19.0. The van der Waals surface area contributed by atoms with E-state index in [4.69, 9.17) is 20.1 Å². The van der Waals surface area contributed by atoms with Crippen molar-refractivity contribution < 1.29 is 38.9 Å². The summed E-state index contributed by atoms with van der Waals surface area (Å²) >= 11 is 0. The highest BCUT2D eigenvalue weighted by atomic mass is 31.2. The molecule has 0 aromatic rings. The molecule has 0 saturated heterocycles. The summed E-state index contributed by atoms with van der Waals surface area (Å²) in [6.45, 7) is 4.30. The molecule has 10 heteroatoms. The maximum Gasteiger partial charge on any atom is 0.0752 e. The van der Waals surface area contributed by atoms with Gasteiger partial charge in [0.05, 0.1) is 40.9 Å². The lowest BCUT2D eigenvalue weighted by Crippen LogP contribution is -2.32. The van der Waals surface area contributed by atoms with E-state index in [1.54, 1.807) is 4.90 Å². The third kappa shape index (κ3) is 22.2. The normalized spacial score (nSPS) is 11.4. The molecule has 9 nitrogen and oxygen atoms in total. The van der Waals surface area contributed by atoms with Gasteiger partial charge in [-0.05, 0) is 6.42 Å². The van der Waals surface area contributed by atoms with Gasteiger partial charge < -0.3 is 38.9 Å². The molecule has 0 spiro atoms. The van der Waals surface area contributed by atoms with E-state index in [0.29, 0.717) is 26.2 Å². The molecule has 0 rings (SSSR count). The third-order valence-electron chi connectivity index (χ3n) is 2.37. The molecule has 0 aliphatic rings. The van der Waals surface area contributed by atoms with Crippen LogP contribution in [-0.2, 0) is 13.8 Å². The quantitative estimate of drug-likeness (QED) is 0.253. The zero-order valence-corrected chi connectivity index (χ0v) is 13.9. The number of ether oxygens (including phenoxy) is 1. The summed E-state index contributed by atoms with van der Waals surface area (Å²) in [5, 5.41) is 25.5. The number of rotatable bonds is 13. The topological polar surface area (TPSA) is 146 Å². The molecule has 0 amide bonds. The second kappa shape index (κ2) is 17.3. The standard InChI is InChI=1S/C6H15NO3.C6H15O5P/c8-4-1-7(2-5-9)3-6-10;1-2-3-4-10-5-6-11-12(7,8)9/h8-10H,1-6H2;2-6H2,1H3,(H2,7,8,9)/p-2. The van der Waals surface area contributed by atoms with E-state index in [1.165, 1.54) is 0 Å². The number of hydrogen-bond donors (Lipinski definition) is 3. The fraction of sp³-hybridized carbons (Fsp3) is 1.00. The molecule has 0 aromatic heterocycles. The number of phosphoric ester groups is 1. The van der Waals surface area contributed by atoms with Gasteiger partial charge in [0.15, 0.2) is 0 Å². The number of nitrogens with zero attached hydrogens (tertiary/aromatic N) is 1. The van der Waals surface area contributed by atoms with Crippen LogP contribution < -0.4 is 9.79 Å². The minimum absolute atomic E-state index is 0.0694. The monoisotopic (exact) mass is 345 g/mol. The molecule has 3 N–H and O–H groups in total. The van der Waals surface area contributed by atoms with Crippen LogP contribution in [0.15, 0.2) is 0 Å². The molecule has 0 aliphatic carbocycles. The first kappa shape index (κ1) is 24.2. The molecule has 136 valence electrons. The molecule has 0 bridgehead atoms. The number of aliphatic hydroxyl groups is 3. The summed E-state index contributed by atoms with van der Waals surface area (Å²) < 4.78 is 18.8. The van der Waals surface area contributed by atoms with Crippen molar-refractivity contribution in [3.8, 4) is 0 Å². The summed E-state index contributed by atoms with van der Waals surface area (Å²) in [4.78, 5) is 21.6. The molecule has 0 heterocycles. The maximum absolute atomic E-state index is 9.91. The van der Waals surface area contributed by atoms with Crippen molar-refractivity contribution >= 4 is 7.82 Å². The Bertz CT molecular complexity index is 249. The molecule has 0 saturated carbocycles. The Labute approximate surface area is 131 Å². The Morgan fingerprint density at radius 3 is 1.82 bits per heavy atom. The zero-order valence-electron chi connectivity index (χ0n) is 13.1. The van der Waals surface area contributed by atoms with E-state index in [9.17, 15) is 14.4 Å². The van der Waals surface area contributed by atoms with Gasteiger partial charge in [0.1, 0.15) is 0 Å². The zero-order chi connectivity index (χ0) is 17.3. The first-order chi connectivity index (χ1) is 10.4. The van der Waals surface area contributed by atoms with Crippen LogP contribution in [0.4, 0.5) is 0 Å². The van der Waals surface area contributed by atoms with Crippen LogP contribution in [0.5, 0.6) is 0 Å². The Balaban J connectivity index is 0. The highest BCUT2D eigenvalue weighted by Crippen LogP contribution is 2.23. The smallest absolute Gasteiger partial charge is 0.0752 e. The molecule has 0 atom stereocenters. The number of hydrogen-bond acceptors (Lipinski definition) is 9. The van der Waals surface area contributed by atoms with Gasteiger partial charge in [0.25, 0.3) is 0 Å². The first-order valence-corrected chi connectivity index (χ1v) is 8.66. The van der Waals surface area contributed by atoms with Crippen molar-refractivity contribution in [1.82, 2.24) is 4.90 Å². The van der Waals surface area contributed by atoms with Gasteiger partial charge in [-0.15, -0.1) is 0 Å². The second-order valence-electron chi connectivity index (χ2n) is 4.26. The lowest BCUT2D eigenvalue weighted by molar-refractivity contribution is -0.342. The van der Waals surface area contributed by atoms with Crippen molar-refractivity contribution in [1.29, 1.82) is 0 Å². The molecule has 0 radical (unpaired) electrons. The minimum Gasteiger partial charge on any atom is -0.790 e. The molecule has 0 aliphatic heterocycles. The first-order valence-electron chi connectivity index (χ1n) is 7.20. The van der Waals surface area contributed by atoms with Crippen LogP contribution in [-0.4, -0.2) is 79.5 Å². The molecule has 0 aromatic carbocycles. The van der Waals surface area contributed by atoms with E-state index in [-0.39, 0.29) is 33.0 Å². The van der Waals surface area contributed by atoms with Gasteiger partial charge in [-0.2, -0.15) is 0 Å². The highest BCUT2D eigenvalue weighted by molar-refractivity contribution is 7.43. The van der Waals surface area contributed by atoms with E-state index >= 15 is 0 Å². The Morgan fingerprint density at radius 1 is 0.955 bits per heavy atom. The molecular weight excluding hydrogens is 317 g/mol. The van der Waals surface area contributed by atoms with E-state index < -0.39 is 7.82 Å². The molecule has 0 fully saturated rings. The largest absolute Gasteiger partial charge is 0.790 e. The van der Waals surface area contributed by atoms with Crippen molar-refractivity contribution in [2.24, 2.45) is 0 Å². The van der Waals surface area contributed by atoms with Crippen LogP contribution in [0.25, 0.3) is 0 Å². The van der Waals surface area contributed by atoms with E-state index in [2.05, 4.69) is 4.52 Å². The van der Waals surface area contributed by atoms with Crippen LogP contribution in [0.2, 0.25) is 0 Å². The van der Waals surface area contributed by atoms with Crippen LogP contribution >= 0.6 is 7.82 Å². The van der Waals surface area contributed by atoms with Gasteiger partial charge in [-0.1, -0.05) is 13.3 Å². The average Bonchev–Trinajstić information content (AvgIpc) is 2.43. The summed E-state index contributed by atoms with van der Waals surface area (Å²) in [5.74, 6) is 0. The lowest BCUT2D eigenvalue weighted by Gasteiger charge is -2.28. The average molecular weight is 345 g/mol. The summed E-state index contributed by atoms with van der Waals surface area (Å²) in [7, 11) is -4.80. The van der Waals surface area contributed by atoms with Gasteiger partial charge in [-0.25, -0.2) is 0 Å². The van der Waals surface area contributed by atoms with Crippen LogP contribution in [0.1, 0.15) is 19.8 Å². The van der Waals surface area contributed by atoms with Gasteiger partial charge >= 0.3 is 0 Å². The van der Waals surface area contributed by atoms with Gasteiger partial charge in [0, 0.05) is 26.2 Å². The van der Waals surface area contributed by atoms with Gasteiger partial charge in [0.2, 0.25) is 0 Å². The van der Waals surface area contributed by atoms with Crippen molar-refractivity contribution in [3.63, 3.8) is 0 Å². The van der Waals surface area contributed by atoms with E-state index in [1.807, 2.05) is 6.92 Å². The summed E-state index contributed by atoms with van der Waals surface area (Å²) in [6, 6.07) is 0. The second-order valence-corrected chi connectivity index (χ2v) is 5.41. The Morgan fingerprint density at radius 2 is 1.45 bits per heavy atom. The SMILES string of the molecule is CCCCOCCOP(=O)([O-])[O-].OCCN(CCO)CCO. The number of aliphatic hydroxyl groups excluding tert-OH is 3. The number of unbranched alkanes of at least 4 members (excludes halogenated alkanes) is 1. The predicted octanol–water partition coefficient (Wildman–Crippen LogP) is -2.09. The highest BCUT2D eigenvalue weighted by Gasteiger charge is 2.00. The van der Waals surface area contributed by atoms with Crippen LogP contribution in [0.3, 0.4) is 0 Å².